The molecule has 0 aliphatic rings. The minimum absolute atomic E-state index is 0.0660. The SMILES string of the molecule is NC(CCC(=O)NC(CSC([SeH])Cc1cccs1)C(=O)NCC(=O)O)C(=O)O. The van der Waals surface area contributed by atoms with Crippen LogP contribution in [0.1, 0.15) is 17.7 Å². The van der Waals surface area contributed by atoms with Crippen LogP contribution in [-0.4, -0.2) is 78.5 Å². The van der Waals surface area contributed by atoms with Crippen LogP contribution in [0.15, 0.2) is 17.5 Å². The summed E-state index contributed by atoms with van der Waals surface area (Å²) >= 11 is 5.59. The number of aliphatic carboxylic acids is 2. The molecule has 1 heterocycles. The van der Waals surface area contributed by atoms with Crippen LogP contribution in [0.5, 0.6) is 0 Å². The topological polar surface area (TPSA) is 159 Å². The Kier molecular flexibility index (Phi) is 11.2. The van der Waals surface area contributed by atoms with Crippen molar-refractivity contribution in [3.8, 4) is 0 Å². The molecule has 28 heavy (non-hydrogen) atoms. The van der Waals surface area contributed by atoms with E-state index in [9.17, 15) is 19.2 Å². The van der Waals surface area contributed by atoms with Crippen LogP contribution in [0.2, 0.25) is 0 Å². The van der Waals surface area contributed by atoms with Gasteiger partial charge in [-0.3, -0.25) is 0 Å². The summed E-state index contributed by atoms with van der Waals surface area (Å²) < 4.78 is 0.123. The normalized spacial score (nSPS) is 13.9. The molecule has 1 aromatic heterocycles. The Hall–Kier alpha value is -1.59. The second kappa shape index (κ2) is 12.8. The van der Waals surface area contributed by atoms with E-state index in [2.05, 4.69) is 26.6 Å². The molecular weight excluding hydrogens is 473 g/mol. The number of rotatable bonds is 13. The Morgan fingerprint density at radius 1 is 1.29 bits per heavy atom. The number of carboxylic acid groups (broad SMARTS) is 2. The third-order valence-corrected chi connectivity index (χ3v) is 6.77. The van der Waals surface area contributed by atoms with Crippen molar-refractivity contribution in [3.05, 3.63) is 22.4 Å². The van der Waals surface area contributed by atoms with Gasteiger partial charge in [0.15, 0.2) is 0 Å². The molecule has 12 heteroatoms. The molecule has 1 rings (SSSR count). The van der Waals surface area contributed by atoms with Crippen molar-refractivity contribution in [3.63, 3.8) is 0 Å². The van der Waals surface area contributed by atoms with Gasteiger partial charge < -0.3 is 0 Å². The van der Waals surface area contributed by atoms with E-state index in [0.717, 1.165) is 6.42 Å². The van der Waals surface area contributed by atoms with Crippen LogP contribution in [0.3, 0.4) is 0 Å². The average molecular weight is 496 g/mol. The molecule has 1 aromatic rings. The first kappa shape index (κ1) is 24.4. The Morgan fingerprint density at radius 2 is 2.00 bits per heavy atom. The molecule has 0 aliphatic carbocycles. The second-order valence-electron chi connectivity index (χ2n) is 5.79. The quantitative estimate of drug-likeness (QED) is 0.221. The van der Waals surface area contributed by atoms with Crippen molar-refractivity contribution >= 4 is 62.9 Å². The van der Waals surface area contributed by atoms with E-state index in [4.69, 9.17) is 15.9 Å². The van der Waals surface area contributed by atoms with Crippen LogP contribution < -0.4 is 16.4 Å². The van der Waals surface area contributed by atoms with Crippen LogP contribution in [-0.2, 0) is 25.6 Å². The second-order valence-corrected chi connectivity index (χ2v) is 10.1. The number of carboxylic acids is 2. The zero-order chi connectivity index (χ0) is 21.1. The molecule has 0 aromatic carbocycles. The third kappa shape index (κ3) is 10.1. The average Bonchev–Trinajstić information content (AvgIpc) is 3.13. The van der Waals surface area contributed by atoms with Crippen LogP contribution in [0, 0.1) is 0 Å². The third-order valence-electron chi connectivity index (χ3n) is 3.48. The van der Waals surface area contributed by atoms with E-state index in [1.54, 1.807) is 11.3 Å². The number of thioether (sulfide) groups is 1. The molecule has 156 valence electrons. The van der Waals surface area contributed by atoms with Crippen molar-refractivity contribution < 1.29 is 29.4 Å². The molecule has 0 aliphatic heterocycles. The first-order valence-electron chi connectivity index (χ1n) is 8.28. The summed E-state index contributed by atoms with van der Waals surface area (Å²) in [6, 6.07) is 1.86. The van der Waals surface area contributed by atoms with Crippen molar-refractivity contribution in [2.24, 2.45) is 5.73 Å². The van der Waals surface area contributed by atoms with Gasteiger partial charge >= 0.3 is 179 Å². The summed E-state index contributed by atoms with van der Waals surface area (Å²) in [5.74, 6) is -3.29. The Morgan fingerprint density at radius 3 is 2.57 bits per heavy atom. The summed E-state index contributed by atoms with van der Waals surface area (Å²) in [5.41, 5.74) is 5.37. The van der Waals surface area contributed by atoms with E-state index in [1.165, 1.54) is 16.6 Å². The molecule has 0 fully saturated rings. The van der Waals surface area contributed by atoms with Crippen molar-refractivity contribution in [1.29, 1.82) is 0 Å². The van der Waals surface area contributed by atoms with Crippen molar-refractivity contribution in [2.45, 2.75) is 35.5 Å². The zero-order valence-corrected chi connectivity index (χ0v) is 18.4. The van der Waals surface area contributed by atoms with E-state index in [-0.39, 0.29) is 22.7 Å². The van der Waals surface area contributed by atoms with E-state index < -0.39 is 42.4 Å². The van der Waals surface area contributed by atoms with Gasteiger partial charge in [0.25, 0.3) is 0 Å². The predicted molar refractivity (Wildman–Crippen MR) is 109 cm³/mol. The molecule has 2 amide bonds. The molecule has 0 bridgehead atoms. The summed E-state index contributed by atoms with van der Waals surface area (Å²) in [6.07, 6.45) is 0.568. The van der Waals surface area contributed by atoms with Gasteiger partial charge in [0, 0.05) is 0 Å². The number of thiophene rings is 1. The maximum atomic E-state index is 12.2. The number of carbonyl (C=O) groups is 4. The molecule has 3 unspecified atom stereocenters. The predicted octanol–water partition coefficient (Wildman–Crippen LogP) is -0.872. The summed E-state index contributed by atoms with van der Waals surface area (Å²) in [4.78, 5) is 46.9. The van der Waals surface area contributed by atoms with Gasteiger partial charge in [-0.1, -0.05) is 0 Å². The van der Waals surface area contributed by atoms with Crippen LogP contribution in [0.25, 0.3) is 0 Å². The fraction of sp³-hybridized carbons (Fsp3) is 0.500. The molecule has 3 atom stereocenters. The Bertz CT molecular complexity index is 673. The minimum atomic E-state index is -1.21. The van der Waals surface area contributed by atoms with Crippen LogP contribution >= 0.6 is 23.1 Å². The molecule has 0 spiro atoms. The number of hydrogen-bond donors (Lipinski definition) is 5. The van der Waals surface area contributed by atoms with Crippen molar-refractivity contribution in [2.75, 3.05) is 12.3 Å². The fourth-order valence-corrected chi connectivity index (χ4v) is 5.04. The Balaban J connectivity index is 2.59. The fourth-order valence-electron chi connectivity index (χ4n) is 2.01. The summed E-state index contributed by atoms with van der Waals surface area (Å²) in [6.45, 7) is -0.555. The molecule has 0 saturated carbocycles. The summed E-state index contributed by atoms with van der Waals surface area (Å²) in [5, 5.41) is 24.2. The van der Waals surface area contributed by atoms with Gasteiger partial charge in [0.05, 0.1) is 0 Å². The Labute approximate surface area is 178 Å². The van der Waals surface area contributed by atoms with E-state index in [0.29, 0.717) is 0 Å². The molecule has 6 N–H and O–H groups in total. The van der Waals surface area contributed by atoms with Gasteiger partial charge in [-0.05, 0) is 0 Å². The molecule has 0 saturated heterocycles. The van der Waals surface area contributed by atoms with Gasteiger partial charge in [0.2, 0.25) is 0 Å². The van der Waals surface area contributed by atoms with Gasteiger partial charge in [0.1, 0.15) is 0 Å². The van der Waals surface area contributed by atoms with Crippen LogP contribution in [0.4, 0.5) is 0 Å². The standard InChI is InChI=1S/C16H23N3O6S2Se/c17-10(16(24)25)3-4-12(20)19-11(15(23)18-7-13(21)22)8-27-14(28)6-9-2-1-5-26-9/h1-2,5,10-11,14,28H,3-4,6-8,17H2,(H,18,23)(H,19,20)(H,21,22)(H,24,25). The summed E-state index contributed by atoms with van der Waals surface area (Å²) in [7, 11) is 0. The number of hydrogen-bond acceptors (Lipinski definition) is 7. The zero-order valence-electron chi connectivity index (χ0n) is 14.9. The number of nitrogens with one attached hydrogen (secondary N) is 2. The maximum absolute atomic E-state index is 12.2. The van der Waals surface area contributed by atoms with Gasteiger partial charge in [-0.2, -0.15) is 0 Å². The molecular formula is C16H23N3O6S2Se. The first-order valence-corrected chi connectivity index (χ1v) is 11.3. The number of nitrogens with two attached hydrogens (primary N) is 1. The van der Waals surface area contributed by atoms with Gasteiger partial charge in [-0.25, -0.2) is 0 Å². The first-order chi connectivity index (χ1) is 13.2. The van der Waals surface area contributed by atoms with Crippen molar-refractivity contribution in [1.82, 2.24) is 10.6 Å². The monoisotopic (exact) mass is 497 g/mol. The van der Waals surface area contributed by atoms with E-state index in [1.807, 2.05) is 17.5 Å². The molecule has 9 nitrogen and oxygen atoms in total. The number of amides is 2. The number of carbonyl (C=O) groups excluding carboxylic acids is 2. The van der Waals surface area contributed by atoms with E-state index >= 15 is 0 Å². The molecule has 0 radical (unpaired) electrons. The van der Waals surface area contributed by atoms with Gasteiger partial charge in [-0.15, -0.1) is 0 Å².